The first-order valence-electron chi connectivity index (χ1n) is 5.40. The zero-order valence-corrected chi connectivity index (χ0v) is 9.48. The maximum absolute atomic E-state index is 8.16. The summed E-state index contributed by atoms with van der Waals surface area (Å²) < 4.78 is 11.0. The summed E-state index contributed by atoms with van der Waals surface area (Å²) in [6.07, 6.45) is 5.15. The Morgan fingerprint density at radius 3 is 2.80 bits per heavy atom. The van der Waals surface area contributed by atoms with Crippen LogP contribution >= 0.6 is 0 Å². The van der Waals surface area contributed by atoms with Crippen LogP contribution in [0.15, 0.2) is 5.11 Å². The van der Waals surface area contributed by atoms with Gasteiger partial charge in [-0.1, -0.05) is 5.11 Å². The van der Waals surface area contributed by atoms with Crippen LogP contribution < -0.4 is 0 Å². The second-order valence-corrected chi connectivity index (χ2v) is 3.91. The van der Waals surface area contributed by atoms with Gasteiger partial charge in [-0.05, 0) is 31.2 Å². The van der Waals surface area contributed by atoms with Gasteiger partial charge in [0.15, 0.2) is 5.79 Å². The van der Waals surface area contributed by atoms with Gasteiger partial charge in [0.2, 0.25) is 0 Å². The van der Waals surface area contributed by atoms with Crippen molar-refractivity contribution in [2.75, 3.05) is 20.8 Å². The lowest BCUT2D eigenvalue weighted by atomic mass is 9.96. The fraction of sp³-hybridized carbons (Fsp3) is 1.00. The molecule has 0 saturated heterocycles. The average molecular weight is 213 g/mol. The summed E-state index contributed by atoms with van der Waals surface area (Å²) in [5.74, 6) is 0.0393. The Kier molecular flexibility index (Phi) is 4.88. The van der Waals surface area contributed by atoms with E-state index in [1.54, 1.807) is 14.2 Å². The molecule has 0 N–H and O–H groups in total. The van der Waals surface area contributed by atoms with Crippen LogP contribution in [-0.2, 0) is 9.47 Å². The molecular weight excluding hydrogens is 194 g/mol. The van der Waals surface area contributed by atoms with E-state index in [2.05, 4.69) is 10.0 Å². The lowest BCUT2D eigenvalue weighted by Gasteiger charge is -2.32. The fourth-order valence-corrected chi connectivity index (χ4v) is 2.46. The van der Waals surface area contributed by atoms with Gasteiger partial charge in [0.1, 0.15) is 0 Å². The molecule has 0 aliphatic heterocycles. The van der Waals surface area contributed by atoms with E-state index in [1.807, 2.05) is 0 Å². The lowest BCUT2D eigenvalue weighted by Crippen LogP contribution is -2.37. The van der Waals surface area contributed by atoms with E-state index < -0.39 is 5.79 Å². The van der Waals surface area contributed by atoms with Gasteiger partial charge in [-0.15, -0.1) is 0 Å². The van der Waals surface area contributed by atoms with Gasteiger partial charge < -0.3 is 9.47 Å². The highest BCUT2D eigenvalue weighted by Gasteiger charge is 2.42. The zero-order valence-electron chi connectivity index (χ0n) is 9.48. The van der Waals surface area contributed by atoms with E-state index in [-0.39, 0.29) is 0 Å². The van der Waals surface area contributed by atoms with Crippen LogP contribution in [0.3, 0.4) is 0 Å². The molecule has 1 rings (SSSR count). The van der Waals surface area contributed by atoms with Gasteiger partial charge in [-0.3, -0.25) is 0 Å². The molecule has 0 heterocycles. The second kappa shape index (κ2) is 5.95. The third-order valence-electron chi connectivity index (χ3n) is 3.26. The Morgan fingerprint density at radius 2 is 2.20 bits per heavy atom. The molecule has 0 aromatic carbocycles. The topological polar surface area (TPSA) is 67.2 Å². The molecule has 0 bridgehead atoms. The molecule has 0 radical (unpaired) electrons. The predicted molar refractivity (Wildman–Crippen MR) is 57.3 cm³/mol. The lowest BCUT2D eigenvalue weighted by molar-refractivity contribution is -0.228. The summed E-state index contributed by atoms with van der Waals surface area (Å²) in [4.78, 5) is 2.74. The summed E-state index contributed by atoms with van der Waals surface area (Å²) in [5, 5.41) is 3.53. The minimum absolute atomic E-state index is 0.393. The molecule has 1 saturated carbocycles. The van der Waals surface area contributed by atoms with E-state index in [1.165, 1.54) is 0 Å². The first-order chi connectivity index (χ1) is 7.29. The monoisotopic (exact) mass is 213 g/mol. The van der Waals surface area contributed by atoms with E-state index in [0.717, 1.165) is 32.1 Å². The molecule has 0 spiro atoms. The molecule has 1 aliphatic carbocycles. The Balaban J connectivity index is 2.42. The van der Waals surface area contributed by atoms with Crippen LogP contribution in [0.4, 0.5) is 0 Å². The number of azide groups is 1. The maximum Gasteiger partial charge on any atom is 0.170 e. The molecule has 5 heteroatoms. The third-order valence-corrected chi connectivity index (χ3v) is 3.26. The smallest absolute Gasteiger partial charge is 0.170 e. The third kappa shape index (κ3) is 2.84. The molecular formula is C10H19N3O2. The zero-order chi connectivity index (χ0) is 11.1. The number of rotatable bonds is 6. The largest absolute Gasteiger partial charge is 0.353 e. The Labute approximate surface area is 90.4 Å². The van der Waals surface area contributed by atoms with Crippen LogP contribution in [0.5, 0.6) is 0 Å². The predicted octanol–water partition coefficient (Wildman–Crippen LogP) is 2.87. The highest BCUT2D eigenvalue weighted by molar-refractivity contribution is 4.86. The molecule has 15 heavy (non-hydrogen) atoms. The molecule has 0 aromatic heterocycles. The number of hydrogen-bond acceptors (Lipinski definition) is 3. The SMILES string of the molecule is COC1(OC)CCCC1CCCN=[N+]=[N-]. The van der Waals surface area contributed by atoms with Gasteiger partial charge in [0, 0.05) is 38.0 Å². The van der Waals surface area contributed by atoms with Crippen molar-refractivity contribution in [3.05, 3.63) is 10.4 Å². The molecule has 1 aliphatic rings. The first kappa shape index (κ1) is 12.3. The van der Waals surface area contributed by atoms with Crippen molar-refractivity contribution < 1.29 is 9.47 Å². The van der Waals surface area contributed by atoms with Crippen molar-refractivity contribution >= 4 is 0 Å². The number of ether oxygens (including phenoxy) is 2. The van der Waals surface area contributed by atoms with Gasteiger partial charge in [-0.2, -0.15) is 0 Å². The van der Waals surface area contributed by atoms with Crippen LogP contribution in [0.2, 0.25) is 0 Å². The Hall–Kier alpha value is -0.770. The summed E-state index contributed by atoms with van der Waals surface area (Å²) in [6, 6.07) is 0. The number of methoxy groups -OCH3 is 2. The molecule has 1 atom stereocenters. The minimum atomic E-state index is -0.393. The van der Waals surface area contributed by atoms with Crippen LogP contribution in [0, 0.1) is 5.92 Å². The summed E-state index contributed by atoms with van der Waals surface area (Å²) in [5.41, 5.74) is 8.16. The van der Waals surface area contributed by atoms with Crippen LogP contribution in [-0.4, -0.2) is 26.6 Å². The van der Waals surface area contributed by atoms with Gasteiger partial charge >= 0.3 is 0 Å². The fourth-order valence-electron chi connectivity index (χ4n) is 2.46. The van der Waals surface area contributed by atoms with Crippen molar-refractivity contribution in [2.24, 2.45) is 11.0 Å². The second-order valence-electron chi connectivity index (χ2n) is 3.91. The quantitative estimate of drug-likeness (QED) is 0.224. The normalized spacial score (nSPS) is 23.7. The standard InChI is InChI=1S/C10H19N3O2/c1-14-10(15-2)7-3-5-9(10)6-4-8-12-13-11/h9H,3-8H2,1-2H3. The molecule has 5 nitrogen and oxygen atoms in total. The van der Waals surface area contributed by atoms with Crippen LogP contribution in [0.25, 0.3) is 10.4 Å². The van der Waals surface area contributed by atoms with Crippen LogP contribution in [0.1, 0.15) is 32.1 Å². The van der Waals surface area contributed by atoms with Crippen molar-refractivity contribution in [2.45, 2.75) is 37.9 Å². The first-order valence-corrected chi connectivity index (χ1v) is 5.40. The van der Waals surface area contributed by atoms with Crippen molar-refractivity contribution in [3.63, 3.8) is 0 Å². The summed E-state index contributed by atoms with van der Waals surface area (Å²) in [6.45, 7) is 0.566. The van der Waals surface area contributed by atoms with Gasteiger partial charge in [0.05, 0.1) is 0 Å². The van der Waals surface area contributed by atoms with E-state index in [0.29, 0.717) is 12.5 Å². The van der Waals surface area contributed by atoms with E-state index >= 15 is 0 Å². The summed E-state index contributed by atoms with van der Waals surface area (Å²) >= 11 is 0. The average Bonchev–Trinajstić information content (AvgIpc) is 2.68. The van der Waals surface area contributed by atoms with Gasteiger partial charge in [-0.25, -0.2) is 0 Å². The maximum atomic E-state index is 8.16. The number of nitrogens with zero attached hydrogens (tertiary/aromatic N) is 3. The van der Waals surface area contributed by atoms with E-state index in [4.69, 9.17) is 15.0 Å². The molecule has 1 unspecified atom stereocenters. The molecule has 0 aromatic rings. The van der Waals surface area contributed by atoms with Gasteiger partial charge in [0.25, 0.3) is 0 Å². The highest BCUT2D eigenvalue weighted by atomic mass is 16.7. The van der Waals surface area contributed by atoms with Crippen molar-refractivity contribution in [3.8, 4) is 0 Å². The molecule has 86 valence electrons. The highest BCUT2D eigenvalue weighted by Crippen LogP contribution is 2.41. The summed E-state index contributed by atoms with van der Waals surface area (Å²) in [7, 11) is 3.41. The van der Waals surface area contributed by atoms with Crippen molar-refractivity contribution in [1.82, 2.24) is 0 Å². The number of hydrogen-bond donors (Lipinski definition) is 0. The molecule has 0 amide bonds. The minimum Gasteiger partial charge on any atom is -0.353 e. The molecule has 1 fully saturated rings. The van der Waals surface area contributed by atoms with E-state index in [9.17, 15) is 0 Å². The Bertz CT molecular complexity index is 235. The Morgan fingerprint density at radius 1 is 1.47 bits per heavy atom. The van der Waals surface area contributed by atoms with Crippen molar-refractivity contribution in [1.29, 1.82) is 0 Å².